The van der Waals surface area contributed by atoms with Crippen LogP contribution in [0, 0.1) is 11.3 Å². The largest absolute Gasteiger partial charge is 0.437 e. The fraction of sp³-hybridized carbons (Fsp3) is 0.214. The van der Waals surface area contributed by atoms with Crippen LogP contribution in [0.3, 0.4) is 0 Å². The lowest BCUT2D eigenvalue weighted by Gasteiger charge is -2.13. The number of nitrogens with one attached hydrogen (secondary N) is 1. The third-order valence-electron chi connectivity index (χ3n) is 2.76. The van der Waals surface area contributed by atoms with Gasteiger partial charge in [0.15, 0.2) is 0 Å². The molecule has 0 amide bonds. The van der Waals surface area contributed by atoms with Crippen LogP contribution in [0.1, 0.15) is 24.5 Å². The van der Waals surface area contributed by atoms with E-state index in [9.17, 15) is 0 Å². The third kappa shape index (κ3) is 2.84. The van der Waals surface area contributed by atoms with Gasteiger partial charge in [0.25, 0.3) is 0 Å². The van der Waals surface area contributed by atoms with Gasteiger partial charge in [0.1, 0.15) is 24.0 Å². The number of para-hydroxylation sites is 1. The van der Waals surface area contributed by atoms with Crippen LogP contribution in [-0.2, 0) is 6.42 Å². The predicted molar refractivity (Wildman–Crippen MR) is 75.1 cm³/mol. The number of nitrogens with two attached hydrogens (primary N) is 1. The second-order valence-electron chi connectivity index (χ2n) is 4.11. The molecule has 0 spiro atoms. The van der Waals surface area contributed by atoms with Crippen molar-refractivity contribution in [1.29, 1.82) is 5.26 Å². The fourth-order valence-electron chi connectivity index (χ4n) is 1.84. The number of anilines is 1. The van der Waals surface area contributed by atoms with Crippen LogP contribution < -0.4 is 16.0 Å². The molecule has 1 heterocycles. The minimum Gasteiger partial charge on any atom is -0.437 e. The third-order valence-corrected chi connectivity index (χ3v) is 2.76. The summed E-state index contributed by atoms with van der Waals surface area (Å²) in [5.74, 6) is 6.87. The van der Waals surface area contributed by atoms with Crippen LogP contribution in [0.4, 0.5) is 5.82 Å². The minimum atomic E-state index is 0.414. The topological polar surface area (TPSA) is 96.8 Å². The van der Waals surface area contributed by atoms with Gasteiger partial charge < -0.3 is 10.2 Å². The highest BCUT2D eigenvalue weighted by molar-refractivity contribution is 5.51. The standard InChI is InChI=1S/C14H15N5O/c1-2-5-11-13(19-16)17-9-18-14(11)20-12-7-4-3-6-10(12)8-15/h3-4,6-7,9H,2,5,16H2,1H3,(H,17,18,19). The van der Waals surface area contributed by atoms with Gasteiger partial charge in [-0.3, -0.25) is 0 Å². The van der Waals surface area contributed by atoms with Gasteiger partial charge in [-0.2, -0.15) is 5.26 Å². The fourth-order valence-corrected chi connectivity index (χ4v) is 1.84. The van der Waals surface area contributed by atoms with Crippen molar-refractivity contribution in [3.05, 3.63) is 41.7 Å². The molecule has 0 atom stereocenters. The van der Waals surface area contributed by atoms with Crippen LogP contribution in [-0.4, -0.2) is 9.97 Å². The number of aromatic nitrogens is 2. The summed E-state index contributed by atoms with van der Waals surface area (Å²) in [5, 5.41) is 9.07. The second kappa shape index (κ2) is 6.50. The molecule has 1 aromatic carbocycles. The first kappa shape index (κ1) is 13.8. The van der Waals surface area contributed by atoms with E-state index in [-0.39, 0.29) is 0 Å². The highest BCUT2D eigenvalue weighted by Crippen LogP contribution is 2.29. The van der Waals surface area contributed by atoms with Crippen molar-refractivity contribution in [2.24, 2.45) is 5.84 Å². The lowest BCUT2D eigenvalue weighted by Crippen LogP contribution is -2.12. The van der Waals surface area contributed by atoms with Crippen molar-refractivity contribution >= 4 is 5.82 Å². The Bertz CT molecular complexity index is 636. The Morgan fingerprint density at radius 3 is 2.85 bits per heavy atom. The number of hydrogen-bond donors (Lipinski definition) is 2. The van der Waals surface area contributed by atoms with Gasteiger partial charge in [0.05, 0.1) is 11.1 Å². The number of ether oxygens (including phenoxy) is 1. The molecule has 2 rings (SSSR count). The molecule has 0 saturated heterocycles. The molecule has 1 aromatic heterocycles. The predicted octanol–water partition coefficient (Wildman–Crippen LogP) is 2.38. The minimum absolute atomic E-state index is 0.414. The average molecular weight is 269 g/mol. The van der Waals surface area contributed by atoms with Crippen LogP contribution in [0.25, 0.3) is 0 Å². The SMILES string of the molecule is CCCc1c(NN)ncnc1Oc1ccccc1C#N. The van der Waals surface area contributed by atoms with E-state index in [0.29, 0.717) is 23.0 Å². The Labute approximate surface area is 117 Å². The molecule has 0 unspecified atom stereocenters. The molecule has 0 saturated carbocycles. The van der Waals surface area contributed by atoms with Crippen LogP contribution in [0.2, 0.25) is 0 Å². The lowest BCUT2D eigenvalue weighted by atomic mass is 10.1. The number of nitriles is 1. The van der Waals surface area contributed by atoms with Gasteiger partial charge in [-0.25, -0.2) is 15.8 Å². The molecular weight excluding hydrogens is 254 g/mol. The number of hydrogen-bond acceptors (Lipinski definition) is 6. The summed E-state index contributed by atoms with van der Waals surface area (Å²) in [4.78, 5) is 8.21. The smallest absolute Gasteiger partial charge is 0.227 e. The van der Waals surface area contributed by atoms with Crippen molar-refractivity contribution in [3.8, 4) is 17.7 Å². The van der Waals surface area contributed by atoms with Gasteiger partial charge in [-0.1, -0.05) is 25.5 Å². The molecule has 102 valence electrons. The molecule has 0 aliphatic carbocycles. The van der Waals surface area contributed by atoms with Crippen LogP contribution in [0.15, 0.2) is 30.6 Å². The average Bonchev–Trinajstić information content (AvgIpc) is 2.49. The van der Waals surface area contributed by atoms with Crippen LogP contribution >= 0.6 is 0 Å². The lowest BCUT2D eigenvalue weighted by molar-refractivity contribution is 0.453. The first-order valence-electron chi connectivity index (χ1n) is 6.27. The summed E-state index contributed by atoms with van der Waals surface area (Å²) in [5.41, 5.74) is 3.79. The zero-order chi connectivity index (χ0) is 14.4. The Hall–Kier alpha value is -2.65. The van der Waals surface area contributed by atoms with Gasteiger partial charge in [0, 0.05) is 0 Å². The van der Waals surface area contributed by atoms with E-state index in [4.69, 9.17) is 15.8 Å². The van der Waals surface area contributed by atoms with Gasteiger partial charge in [-0.15, -0.1) is 0 Å². The number of nitrogen functional groups attached to an aromatic ring is 1. The van der Waals surface area contributed by atoms with E-state index in [1.807, 2.05) is 6.92 Å². The monoisotopic (exact) mass is 269 g/mol. The second-order valence-corrected chi connectivity index (χ2v) is 4.11. The van der Waals surface area contributed by atoms with E-state index in [1.165, 1.54) is 6.33 Å². The Balaban J connectivity index is 2.40. The highest BCUT2D eigenvalue weighted by Gasteiger charge is 2.13. The summed E-state index contributed by atoms with van der Waals surface area (Å²) in [6, 6.07) is 9.10. The van der Waals surface area contributed by atoms with Crippen molar-refractivity contribution in [2.45, 2.75) is 19.8 Å². The number of benzene rings is 1. The van der Waals surface area contributed by atoms with Crippen molar-refractivity contribution in [3.63, 3.8) is 0 Å². The molecule has 0 fully saturated rings. The van der Waals surface area contributed by atoms with E-state index in [0.717, 1.165) is 18.4 Å². The summed E-state index contributed by atoms with van der Waals surface area (Å²) < 4.78 is 5.76. The zero-order valence-electron chi connectivity index (χ0n) is 11.1. The Morgan fingerprint density at radius 1 is 1.35 bits per heavy atom. The summed E-state index contributed by atoms with van der Waals surface area (Å²) in [7, 11) is 0. The maximum Gasteiger partial charge on any atom is 0.227 e. The van der Waals surface area contributed by atoms with E-state index >= 15 is 0 Å². The molecular formula is C14H15N5O. The Kier molecular flexibility index (Phi) is 4.47. The highest BCUT2D eigenvalue weighted by atomic mass is 16.5. The zero-order valence-corrected chi connectivity index (χ0v) is 11.1. The Morgan fingerprint density at radius 2 is 2.15 bits per heavy atom. The molecule has 2 aromatic rings. The van der Waals surface area contributed by atoms with Crippen molar-refractivity contribution < 1.29 is 4.74 Å². The molecule has 0 aliphatic rings. The maximum atomic E-state index is 9.07. The van der Waals surface area contributed by atoms with E-state index in [1.54, 1.807) is 24.3 Å². The number of rotatable bonds is 5. The summed E-state index contributed by atoms with van der Waals surface area (Å²) >= 11 is 0. The number of hydrazine groups is 1. The van der Waals surface area contributed by atoms with Crippen molar-refractivity contribution in [1.82, 2.24) is 9.97 Å². The van der Waals surface area contributed by atoms with Gasteiger partial charge in [0.2, 0.25) is 5.88 Å². The van der Waals surface area contributed by atoms with Gasteiger partial charge in [-0.05, 0) is 18.6 Å². The molecule has 20 heavy (non-hydrogen) atoms. The first-order valence-corrected chi connectivity index (χ1v) is 6.27. The van der Waals surface area contributed by atoms with E-state index in [2.05, 4.69) is 21.5 Å². The van der Waals surface area contributed by atoms with E-state index < -0.39 is 0 Å². The summed E-state index contributed by atoms with van der Waals surface area (Å²) in [6.07, 6.45) is 3.00. The molecule has 0 aliphatic heterocycles. The molecule has 6 heteroatoms. The molecule has 0 bridgehead atoms. The maximum absolute atomic E-state index is 9.07. The molecule has 3 N–H and O–H groups in total. The summed E-state index contributed by atoms with van der Waals surface area (Å²) in [6.45, 7) is 2.04. The number of nitrogens with zero attached hydrogens (tertiary/aromatic N) is 3. The quantitative estimate of drug-likeness (QED) is 0.639. The van der Waals surface area contributed by atoms with Crippen LogP contribution in [0.5, 0.6) is 11.6 Å². The molecule has 0 radical (unpaired) electrons. The molecule has 6 nitrogen and oxygen atoms in total. The first-order chi connectivity index (χ1) is 9.80. The van der Waals surface area contributed by atoms with Gasteiger partial charge >= 0.3 is 0 Å². The van der Waals surface area contributed by atoms with Crippen molar-refractivity contribution in [2.75, 3.05) is 5.43 Å². The normalized spacial score (nSPS) is 9.85.